The minimum Gasteiger partial charge on any atom is -0.268 e. The Morgan fingerprint density at radius 2 is 1.92 bits per heavy atom. The molecule has 0 atom stereocenters. The number of nitro benzene ring substituents is 1. The minimum absolute atomic E-state index is 0.0275. The first-order valence-electron chi connectivity index (χ1n) is 6.85. The fraction of sp³-hybridized carbons (Fsp3) is 0. The van der Waals surface area contributed by atoms with Crippen LogP contribution in [0.4, 0.5) is 20.6 Å². The fourth-order valence-corrected chi connectivity index (χ4v) is 3.24. The first-order chi connectivity index (χ1) is 11.9. The SMILES string of the molecule is O=C1S/C(=C\c2ccccc2[N+](=O)[O-])C(=O)N1c1ccc(F)c(Cl)c1. The van der Waals surface area contributed by atoms with Crippen LogP contribution in [0.2, 0.25) is 5.02 Å². The number of imide groups is 1. The van der Waals surface area contributed by atoms with Crippen LogP contribution in [-0.4, -0.2) is 16.1 Å². The Balaban J connectivity index is 1.99. The normalized spacial score (nSPS) is 15.9. The van der Waals surface area contributed by atoms with Crippen LogP contribution in [0.5, 0.6) is 0 Å². The van der Waals surface area contributed by atoms with E-state index in [1.54, 1.807) is 6.07 Å². The quantitative estimate of drug-likeness (QED) is 0.442. The zero-order valence-corrected chi connectivity index (χ0v) is 13.9. The van der Waals surface area contributed by atoms with E-state index in [2.05, 4.69) is 0 Å². The number of carbonyl (C=O) groups excluding carboxylic acids is 2. The average molecular weight is 379 g/mol. The van der Waals surface area contributed by atoms with Gasteiger partial charge in [-0.15, -0.1) is 0 Å². The van der Waals surface area contributed by atoms with Gasteiger partial charge in [0.2, 0.25) is 0 Å². The summed E-state index contributed by atoms with van der Waals surface area (Å²) in [6.07, 6.45) is 1.29. The van der Waals surface area contributed by atoms with Crippen LogP contribution >= 0.6 is 23.4 Å². The van der Waals surface area contributed by atoms with E-state index in [0.717, 1.165) is 11.0 Å². The molecule has 0 radical (unpaired) electrons. The summed E-state index contributed by atoms with van der Waals surface area (Å²) in [6.45, 7) is 0. The van der Waals surface area contributed by atoms with Crippen molar-refractivity contribution in [2.24, 2.45) is 0 Å². The molecule has 0 bridgehead atoms. The van der Waals surface area contributed by atoms with Gasteiger partial charge in [-0.05, 0) is 42.1 Å². The maximum atomic E-state index is 13.3. The van der Waals surface area contributed by atoms with Gasteiger partial charge >= 0.3 is 0 Å². The summed E-state index contributed by atoms with van der Waals surface area (Å²) in [7, 11) is 0. The van der Waals surface area contributed by atoms with Gasteiger partial charge in [0, 0.05) is 6.07 Å². The summed E-state index contributed by atoms with van der Waals surface area (Å²) in [5.41, 5.74) is 0.147. The standard InChI is InChI=1S/C16H8ClFN2O4S/c17-11-8-10(5-6-12(11)18)19-15(21)14(25-16(19)22)7-9-3-1-2-4-13(9)20(23)24/h1-8H/b14-7-. The molecule has 1 aliphatic heterocycles. The smallest absolute Gasteiger partial charge is 0.268 e. The summed E-state index contributed by atoms with van der Waals surface area (Å²) in [4.78, 5) is 36.0. The van der Waals surface area contributed by atoms with Crippen molar-refractivity contribution in [1.82, 2.24) is 0 Å². The Labute approximate surface area is 150 Å². The minimum atomic E-state index is -0.673. The number of hydrogen-bond acceptors (Lipinski definition) is 5. The molecule has 0 aromatic heterocycles. The molecule has 6 nitrogen and oxygen atoms in total. The zero-order chi connectivity index (χ0) is 18.1. The van der Waals surface area contributed by atoms with Gasteiger partial charge in [0.15, 0.2) is 0 Å². The van der Waals surface area contributed by atoms with E-state index in [-0.39, 0.29) is 26.9 Å². The maximum absolute atomic E-state index is 13.3. The second-order valence-electron chi connectivity index (χ2n) is 4.93. The van der Waals surface area contributed by atoms with E-state index in [1.165, 1.54) is 36.4 Å². The van der Waals surface area contributed by atoms with Gasteiger partial charge < -0.3 is 0 Å². The van der Waals surface area contributed by atoms with Crippen LogP contribution in [0.3, 0.4) is 0 Å². The lowest BCUT2D eigenvalue weighted by molar-refractivity contribution is -0.385. The van der Waals surface area contributed by atoms with Crippen LogP contribution < -0.4 is 4.90 Å². The molecule has 0 unspecified atom stereocenters. The summed E-state index contributed by atoms with van der Waals surface area (Å²) in [6, 6.07) is 9.33. The largest absolute Gasteiger partial charge is 0.298 e. The number of amides is 2. The number of anilines is 1. The van der Waals surface area contributed by atoms with Crippen molar-refractivity contribution < 1.29 is 18.9 Å². The number of carbonyl (C=O) groups is 2. The Kier molecular flexibility index (Phi) is 4.56. The third-order valence-corrected chi connectivity index (χ3v) is 4.53. The molecule has 25 heavy (non-hydrogen) atoms. The fourth-order valence-electron chi connectivity index (χ4n) is 2.23. The topological polar surface area (TPSA) is 80.5 Å². The molecule has 0 saturated carbocycles. The molecule has 1 heterocycles. The highest BCUT2D eigenvalue weighted by Crippen LogP contribution is 2.37. The third kappa shape index (κ3) is 3.26. The molecule has 9 heteroatoms. The second kappa shape index (κ2) is 6.66. The molecule has 0 N–H and O–H groups in total. The summed E-state index contributed by atoms with van der Waals surface area (Å²) in [5.74, 6) is -1.33. The lowest BCUT2D eigenvalue weighted by atomic mass is 10.1. The van der Waals surface area contributed by atoms with Crippen molar-refractivity contribution in [1.29, 1.82) is 0 Å². The zero-order valence-electron chi connectivity index (χ0n) is 12.3. The van der Waals surface area contributed by atoms with E-state index >= 15 is 0 Å². The van der Waals surface area contributed by atoms with E-state index in [4.69, 9.17) is 11.6 Å². The van der Waals surface area contributed by atoms with Gasteiger partial charge in [0.05, 0.1) is 26.1 Å². The predicted molar refractivity (Wildman–Crippen MR) is 93.0 cm³/mol. The molecular formula is C16H8ClFN2O4S. The van der Waals surface area contributed by atoms with Crippen LogP contribution in [0.15, 0.2) is 47.4 Å². The van der Waals surface area contributed by atoms with Gasteiger partial charge in [0.25, 0.3) is 16.8 Å². The first kappa shape index (κ1) is 17.1. The summed E-state index contributed by atoms with van der Waals surface area (Å²) in [5, 5.41) is 10.2. The number of nitrogens with zero attached hydrogens (tertiary/aromatic N) is 2. The van der Waals surface area contributed by atoms with Gasteiger partial charge in [-0.3, -0.25) is 19.7 Å². The molecule has 2 aromatic rings. The van der Waals surface area contributed by atoms with Crippen LogP contribution in [0.1, 0.15) is 5.56 Å². The van der Waals surface area contributed by atoms with Crippen molar-refractivity contribution in [3.05, 3.63) is 73.9 Å². The molecule has 2 aromatic carbocycles. The number of para-hydroxylation sites is 1. The molecule has 0 spiro atoms. The first-order valence-corrected chi connectivity index (χ1v) is 8.04. The number of rotatable bonds is 3. The molecule has 2 amide bonds. The monoisotopic (exact) mass is 378 g/mol. The number of halogens is 2. The molecule has 126 valence electrons. The molecule has 1 aliphatic rings. The van der Waals surface area contributed by atoms with E-state index < -0.39 is 21.9 Å². The lowest BCUT2D eigenvalue weighted by Crippen LogP contribution is -2.27. The molecule has 0 aliphatic carbocycles. The number of nitro groups is 1. The van der Waals surface area contributed by atoms with Crippen molar-refractivity contribution >= 4 is 52.0 Å². The average Bonchev–Trinajstić information content (AvgIpc) is 2.84. The number of hydrogen-bond donors (Lipinski definition) is 0. The van der Waals surface area contributed by atoms with Gasteiger partial charge in [-0.1, -0.05) is 23.7 Å². The summed E-state index contributed by atoms with van der Waals surface area (Å²) >= 11 is 6.33. The second-order valence-corrected chi connectivity index (χ2v) is 6.33. The lowest BCUT2D eigenvalue weighted by Gasteiger charge is -2.12. The Hall–Kier alpha value is -2.71. The Morgan fingerprint density at radius 1 is 1.20 bits per heavy atom. The summed E-state index contributed by atoms with van der Waals surface area (Å²) < 4.78 is 13.3. The third-order valence-electron chi connectivity index (χ3n) is 3.38. The number of thioether (sulfide) groups is 1. The molecule has 3 rings (SSSR count). The molecular weight excluding hydrogens is 371 g/mol. The molecule has 1 saturated heterocycles. The highest BCUT2D eigenvalue weighted by atomic mass is 35.5. The van der Waals surface area contributed by atoms with E-state index in [1.807, 2.05) is 0 Å². The van der Waals surface area contributed by atoms with Crippen molar-refractivity contribution in [3.63, 3.8) is 0 Å². The van der Waals surface area contributed by atoms with Crippen LogP contribution in [0, 0.1) is 15.9 Å². The number of benzene rings is 2. The van der Waals surface area contributed by atoms with Crippen molar-refractivity contribution in [2.45, 2.75) is 0 Å². The van der Waals surface area contributed by atoms with Gasteiger partial charge in [-0.2, -0.15) is 0 Å². The van der Waals surface area contributed by atoms with Gasteiger partial charge in [0.1, 0.15) is 5.82 Å². The van der Waals surface area contributed by atoms with Crippen LogP contribution in [0.25, 0.3) is 6.08 Å². The Morgan fingerprint density at radius 3 is 2.60 bits per heavy atom. The Bertz CT molecular complexity index is 947. The van der Waals surface area contributed by atoms with Crippen molar-refractivity contribution in [2.75, 3.05) is 4.90 Å². The van der Waals surface area contributed by atoms with Crippen molar-refractivity contribution in [3.8, 4) is 0 Å². The maximum Gasteiger partial charge on any atom is 0.298 e. The van der Waals surface area contributed by atoms with E-state index in [0.29, 0.717) is 11.8 Å². The highest BCUT2D eigenvalue weighted by molar-refractivity contribution is 8.19. The van der Waals surface area contributed by atoms with E-state index in [9.17, 15) is 24.1 Å². The highest BCUT2D eigenvalue weighted by Gasteiger charge is 2.37. The molecule has 1 fully saturated rings. The van der Waals surface area contributed by atoms with Gasteiger partial charge in [-0.25, -0.2) is 9.29 Å². The predicted octanol–water partition coefficient (Wildman–Crippen LogP) is 4.63. The van der Waals surface area contributed by atoms with Crippen LogP contribution in [-0.2, 0) is 4.79 Å².